The van der Waals surface area contributed by atoms with E-state index < -0.39 is 12.2 Å². The molecule has 1 aliphatic rings. The van der Waals surface area contributed by atoms with Crippen LogP contribution in [0.1, 0.15) is 55.4 Å². The normalized spacial score (nSPS) is 23.6. The lowest BCUT2D eigenvalue weighted by Crippen LogP contribution is -2.43. The second-order valence-electron chi connectivity index (χ2n) is 6.82. The molecule has 128 valence electrons. The van der Waals surface area contributed by atoms with Crippen molar-refractivity contribution < 1.29 is 10.2 Å². The molecule has 2 aromatic rings. The molecule has 0 saturated carbocycles. The molecule has 2 aromatic carbocycles. The van der Waals surface area contributed by atoms with Gasteiger partial charge in [0.1, 0.15) is 0 Å². The third kappa shape index (κ3) is 4.67. The SMILES string of the molecule is O[C@@H](C[C@H]1CCC[C@H](C[C@H](O)c2ccccc2)N1)c1ccccc1. The molecule has 24 heavy (non-hydrogen) atoms. The summed E-state index contributed by atoms with van der Waals surface area (Å²) >= 11 is 0. The number of rotatable bonds is 6. The maximum absolute atomic E-state index is 10.4. The zero-order valence-electron chi connectivity index (χ0n) is 14.0. The zero-order valence-corrected chi connectivity index (χ0v) is 14.0. The molecule has 3 heteroatoms. The van der Waals surface area contributed by atoms with E-state index in [1.807, 2.05) is 60.7 Å². The summed E-state index contributed by atoms with van der Waals surface area (Å²) in [4.78, 5) is 0. The lowest BCUT2D eigenvalue weighted by Gasteiger charge is -2.33. The van der Waals surface area contributed by atoms with Crippen LogP contribution in [0.2, 0.25) is 0 Å². The fraction of sp³-hybridized carbons (Fsp3) is 0.429. The van der Waals surface area contributed by atoms with Gasteiger partial charge in [-0.1, -0.05) is 67.1 Å². The van der Waals surface area contributed by atoms with Gasteiger partial charge in [-0.2, -0.15) is 0 Å². The van der Waals surface area contributed by atoms with E-state index in [4.69, 9.17) is 0 Å². The summed E-state index contributed by atoms with van der Waals surface area (Å²) in [6.07, 6.45) is 3.90. The van der Waals surface area contributed by atoms with Gasteiger partial charge in [0.15, 0.2) is 0 Å². The van der Waals surface area contributed by atoms with Gasteiger partial charge in [0, 0.05) is 12.1 Å². The lowest BCUT2D eigenvalue weighted by molar-refractivity contribution is 0.116. The second kappa shape index (κ2) is 8.43. The zero-order chi connectivity index (χ0) is 16.8. The van der Waals surface area contributed by atoms with Gasteiger partial charge >= 0.3 is 0 Å². The Balaban J connectivity index is 1.53. The number of nitrogens with one attached hydrogen (secondary N) is 1. The average Bonchev–Trinajstić information content (AvgIpc) is 2.63. The molecule has 0 radical (unpaired) electrons. The molecule has 0 aliphatic carbocycles. The van der Waals surface area contributed by atoms with Crippen LogP contribution >= 0.6 is 0 Å². The molecule has 0 spiro atoms. The highest BCUT2D eigenvalue weighted by Crippen LogP contribution is 2.27. The molecular weight excluding hydrogens is 298 g/mol. The molecule has 0 amide bonds. The summed E-state index contributed by atoms with van der Waals surface area (Å²) in [7, 11) is 0. The Morgan fingerprint density at radius 2 is 1.17 bits per heavy atom. The van der Waals surface area contributed by atoms with Crippen LogP contribution in [0.3, 0.4) is 0 Å². The van der Waals surface area contributed by atoms with E-state index in [1.54, 1.807) is 0 Å². The van der Waals surface area contributed by atoms with Crippen LogP contribution in [0.4, 0.5) is 0 Å². The number of aliphatic hydroxyl groups is 2. The highest BCUT2D eigenvalue weighted by molar-refractivity contribution is 5.18. The third-order valence-electron chi connectivity index (χ3n) is 4.96. The summed E-state index contributed by atoms with van der Waals surface area (Å²) in [5.41, 5.74) is 1.96. The van der Waals surface area contributed by atoms with Crippen molar-refractivity contribution >= 4 is 0 Å². The van der Waals surface area contributed by atoms with Gasteiger partial charge < -0.3 is 15.5 Å². The Bertz CT molecular complexity index is 548. The molecule has 0 unspecified atom stereocenters. The van der Waals surface area contributed by atoms with E-state index in [0.29, 0.717) is 12.1 Å². The molecule has 1 aliphatic heterocycles. The van der Waals surface area contributed by atoms with Gasteiger partial charge in [0.2, 0.25) is 0 Å². The summed E-state index contributed by atoms with van der Waals surface area (Å²) in [5, 5.41) is 24.5. The summed E-state index contributed by atoms with van der Waals surface area (Å²) in [6, 6.07) is 20.3. The predicted octanol–water partition coefficient (Wildman–Crippen LogP) is 3.74. The van der Waals surface area contributed by atoms with Gasteiger partial charge in [0.25, 0.3) is 0 Å². The molecule has 1 heterocycles. The fourth-order valence-electron chi connectivity index (χ4n) is 3.64. The van der Waals surface area contributed by atoms with Crippen molar-refractivity contribution in [3.63, 3.8) is 0 Å². The van der Waals surface area contributed by atoms with Gasteiger partial charge in [0.05, 0.1) is 12.2 Å². The van der Waals surface area contributed by atoms with E-state index >= 15 is 0 Å². The van der Waals surface area contributed by atoms with E-state index in [9.17, 15) is 10.2 Å². The van der Waals surface area contributed by atoms with E-state index in [0.717, 1.165) is 43.2 Å². The molecular formula is C21H27NO2. The van der Waals surface area contributed by atoms with Gasteiger partial charge in [-0.15, -0.1) is 0 Å². The maximum atomic E-state index is 10.4. The van der Waals surface area contributed by atoms with Crippen molar-refractivity contribution in [1.29, 1.82) is 0 Å². The predicted molar refractivity (Wildman–Crippen MR) is 96.6 cm³/mol. The highest BCUT2D eigenvalue weighted by Gasteiger charge is 2.25. The first-order chi connectivity index (χ1) is 11.7. The third-order valence-corrected chi connectivity index (χ3v) is 4.96. The molecule has 0 aromatic heterocycles. The average molecular weight is 325 g/mol. The molecule has 1 fully saturated rings. The van der Waals surface area contributed by atoms with Crippen LogP contribution in [0.25, 0.3) is 0 Å². The minimum absolute atomic E-state index is 0.307. The number of aliphatic hydroxyl groups excluding tert-OH is 2. The quantitative estimate of drug-likeness (QED) is 0.758. The summed E-state index contributed by atoms with van der Waals surface area (Å²) in [6.45, 7) is 0. The van der Waals surface area contributed by atoms with Gasteiger partial charge in [-0.3, -0.25) is 0 Å². The Hall–Kier alpha value is -1.68. The first kappa shape index (κ1) is 17.2. The molecule has 0 bridgehead atoms. The van der Waals surface area contributed by atoms with Crippen molar-refractivity contribution in [2.75, 3.05) is 0 Å². The van der Waals surface area contributed by atoms with E-state index in [2.05, 4.69) is 5.32 Å². The molecule has 4 atom stereocenters. The van der Waals surface area contributed by atoms with Crippen molar-refractivity contribution in [3.05, 3.63) is 71.8 Å². The Morgan fingerprint density at radius 3 is 1.58 bits per heavy atom. The molecule has 3 N–H and O–H groups in total. The fourth-order valence-corrected chi connectivity index (χ4v) is 3.64. The standard InChI is InChI=1S/C21H27NO2/c23-20(16-8-3-1-4-9-16)14-18-12-7-13-19(22-18)15-21(24)17-10-5-2-6-11-17/h1-6,8-11,18-24H,7,12-15H2/t18-,19-,20+,21+/m1/s1. The lowest BCUT2D eigenvalue weighted by atomic mass is 9.89. The molecule has 3 nitrogen and oxygen atoms in total. The van der Waals surface area contributed by atoms with Crippen LogP contribution in [0, 0.1) is 0 Å². The molecule has 3 rings (SSSR count). The first-order valence-corrected chi connectivity index (χ1v) is 8.94. The Kier molecular flexibility index (Phi) is 6.02. The smallest absolute Gasteiger partial charge is 0.0804 e. The number of benzene rings is 2. The minimum atomic E-state index is -0.429. The van der Waals surface area contributed by atoms with Crippen LogP contribution in [0.15, 0.2) is 60.7 Å². The largest absolute Gasteiger partial charge is 0.388 e. The van der Waals surface area contributed by atoms with Crippen LogP contribution in [0.5, 0.6) is 0 Å². The maximum Gasteiger partial charge on any atom is 0.0804 e. The van der Waals surface area contributed by atoms with Crippen molar-refractivity contribution in [1.82, 2.24) is 5.32 Å². The minimum Gasteiger partial charge on any atom is -0.388 e. The highest BCUT2D eigenvalue weighted by atomic mass is 16.3. The van der Waals surface area contributed by atoms with E-state index in [1.165, 1.54) is 0 Å². The summed E-state index contributed by atoms with van der Waals surface area (Å²) in [5.74, 6) is 0. The summed E-state index contributed by atoms with van der Waals surface area (Å²) < 4.78 is 0. The van der Waals surface area contributed by atoms with E-state index in [-0.39, 0.29) is 0 Å². The number of piperidine rings is 1. The Morgan fingerprint density at radius 1 is 0.750 bits per heavy atom. The van der Waals surface area contributed by atoms with Gasteiger partial charge in [-0.25, -0.2) is 0 Å². The van der Waals surface area contributed by atoms with Gasteiger partial charge in [-0.05, 0) is 36.8 Å². The van der Waals surface area contributed by atoms with Crippen molar-refractivity contribution in [2.24, 2.45) is 0 Å². The monoisotopic (exact) mass is 325 g/mol. The Labute approximate surface area is 144 Å². The van der Waals surface area contributed by atoms with Crippen LogP contribution in [-0.2, 0) is 0 Å². The van der Waals surface area contributed by atoms with Crippen LogP contribution in [-0.4, -0.2) is 22.3 Å². The second-order valence-corrected chi connectivity index (χ2v) is 6.82. The van der Waals surface area contributed by atoms with Crippen molar-refractivity contribution in [2.45, 2.75) is 56.4 Å². The van der Waals surface area contributed by atoms with Crippen LogP contribution < -0.4 is 5.32 Å². The van der Waals surface area contributed by atoms with Crippen molar-refractivity contribution in [3.8, 4) is 0 Å². The molecule has 1 saturated heterocycles. The number of hydrogen-bond donors (Lipinski definition) is 3. The topological polar surface area (TPSA) is 52.5 Å². The number of hydrogen-bond acceptors (Lipinski definition) is 3. The first-order valence-electron chi connectivity index (χ1n) is 8.94.